The zero-order valence-corrected chi connectivity index (χ0v) is 12.6. The van der Waals surface area contributed by atoms with Crippen LogP contribution in [-0.4, -0.2) is 16.5 Å². The Morgan fingerprint density at radius 3 is 2.52 bits per heavy atom. The van der Waals surface area contributed by atoms with Crippen molar-refractivity contribution in [2.45, 2.75) is 20.8 Å². The van der Waals surface area contributed by atoms with Crippen LogP contribution in [0.15, 0.2) is 42.5 Å². The minimum Gasteiger partial charge on any atom is -0.370 e. The molecule has 0 aliphatic carbocycles. The molecule has 21 heavy (non-hydrogen) atoms. The summed E-state index contributed by atoms with van der Waals surface area (Å²) in [7, 11) is 0. The molecular formula is C18H19N3. The van der Waals surface area contributed by atoms with Crippen LogP contribution in [0.5, 0.6) is 0 Å². The van der Waals surface area contributed by atoms with Gasteiger partial charge in [-0.1, -0.05) is 42.5 Å². The van der Waals surface area contributed by atoms with E-state index in [0.29, 0.717) is 0 Å². The van der Waals surface area contributed by atoms with E-state index < -0.39 is 0 Å². The van der Waals surface area contributed by atoms with Crippen molar-refractivity contribution in [3.05, 3.63) is 53.9 Å². The Labute approximate surface area is 125 Å². The zero-order valence-electron chi connectivity index (χ0n) is 12.6. The quantitative estimate of drug-likeness (QED) is 0.773. The molecule has 3 rings (SSSR count). The molecule has 0 unspecified atom stereocenters. The van der Waals surface area contributed by atoms with Crippen LogP contribution < -0.4 is 5.32 Å². The maximum absolute atomic E-state index is 4.68. The first-order chi connectivity index (χ1) is 10.2. The Bertz CT molecular complexity index is 788. The summed E-state index contributed by atoms with van der Waals surface area (Å²) < 4.78 is 0. The molecule has 3 nitrogen and oxygen atoms in total. The normalized spacial score (nSPS) is 10.8. The molecule has 0 amide bonds. The van der Waals surface area contributed by atoms with Crippen LogP contribution >= 0.6 is 0 Å². The lowest BCUT2D eigenvalue weighted by Crippen LogP contribution is -2.06. The van der Waals surface area contributed by atoms with Gasteiger partial charge in [0.15, 0.2) is 0 Å². The average Bonchev–Trinajstić information content (AvgIpc) is 2.50. The molecule has 0 spiro atoms. The summed E-state index contributed by atoms with van der Waals surface area (Å²) >= 11 is 0. The Morgan fingerprint density at radius 1 is 0.952 bits per heavy atom. The van der Waals surface area contributed by atoms with Crippen molar-refractivity contribution in [3.8, 4) is 11.3 Å². The summed E-state index contributed by atoms with van der Waals surface area (Å²) in [6.07, 6.45) is 0. The number of anilines is 1. The molecule has 0 bridgehead atoms. The van der Waals surface area contributed by atoms with Crippen LogP contribution in [0.25, 0.3) is 22.0 Å². The maximum Gasteiger partial charge on any atom is 0.133 e. The number of aromatic nitrogens is 2. The van der Waals surface area contributed by atoms with Crippen molar-refractivity contribution in [3.63, 3.8) is 0 Å². The smallest absolute Gasteiger partial charge is 0.133 e. The molecule has 2 aromatic carbocycles. The highest BCUT2D eigenvalue weighted by molar-refractivity contribution is 5.96. The number of aryl methyl sites for hydroxylation is 1. The summed E-state index contributed by atoms with van der Waals surface area (Å²) in [5, 5.41) is 5.78. The monoisotopic (exact) mass is 277 g/mol. The minimum atomic E-state index is 0.791. The topological polar surface area (TPSA) is 37.8 Å². The van der Waals surface area contributed by atoms with Gasteiger partial charge >= 0.3 is 0 Å². The molecule has 0 fully saturated rings. The lowest BCUT2D eigenvalue weighted by atomic mass is 9.99. The van der Waals surface area contributed by atoms with E-state index in [2.05, 4.69) is 71.6 Å². The molecule has 0 aliphatic heterocycles. The van der Waals surface area contributed by atoms with Crippen LogP contribution in [-0.2, 0) is 0 Å². The van der Waals surface area contributed by atoms with E-state index in [1.807, 2.05) is 6.92 Å². The number of nitrogens with one attached hydrogen (secondary N) is 1. The van der Waals surface area contributed by atoms with E-state index in [-0.39, 0.29) is 0 Å². The molecule has 106 valence electrons. The molecule has 0 atom stereocenters. The summed E-state index contributed by atoms with van der Waals surface area (Å²) in [4.78, 5) is 9.19. The van der Waals surface area contributed by atoms with Crippen LogP contribution in [0.2, 0.25) is 0 Å². The highest BCUT2D eigenvalue weighted by Gasteiger charge is 2.12. The summed E-state index contributed by atoms with van der Waals surface area (Å²) in [6.45, 7) is 6.95. The maximum atomic E-state index is 4.68. The highest BCUT2D eigenvalue weighted by atomic mass is 15.0. The van der Waals surface area contributed by atoms with Crippen LogP contribution in [0.3, 0.4) is 0 Å². The van der Waals surface area contributed by atoms with Crippen molar-refractivity contribution >= 4 is 16.6 Å². The summed E-state index contributed by atoms with van der Waals surface area (Å²) in [5.41, 5.74) is 3.27. The third-order valence-corrected chi connectivity index (χ3v) is 3.65. The Hall–Kier alpha value is -2.42. The van der Waals surface area contributed by atoms with Gasteiger partial charge in [0, 0.05) is 17.7 Å². The number of rotatable bonds is 3. The fourth-order valence-electron chi connectivity index (χ4n) is 2.66. The Morgan fingerprint density at radius 2 is 1.71 bits per heavy atom. The first-order valence-electron chi connectivity index (χ1n) is 7.28. The first-order valence-corrected chi connectivity index (χ1v) is 7.28. The van der Waals surface area contributed by atoms with E-state index in [4.69, 9.17) is 0 Å². The summed E-state index contributed by atoms with van der Waals surface area (Å²) in [6, 6.07) is 14.8. The van der Waals surface area contributed by atoms with Gasteiger partial charge in [0.2, 0.25) is 0 Å². The van der Waals surface area contributed by atoms with Crippen molar-refractivity contribution in [2.75, 3.05) is 11.9 Å². The SMILES string of the molecule is CCNc1nc(C)nc(-c2cccc3ccccc23)c1C. The molecule has 0 aliphatic rings. The number of hydrogen-bond acceptors (Lipinski definition) is 3. The van der Waals surface area contributed by atoms with Crippen LogP contribution in [0, 0.1) is 13.8 Å². The molecule has 0 saturated heterocycles. The largest absolute Gasteiger partial charge is 0.370 e. The van der Waals surface area contributed by atoms with Crippen molar-refractivity contribution in [2.24, 2.45) is 0 Å². The van der Waals surface area contributed by atoms with Crippen molar-refractivity contribution in [1.82, 2.24) is 9.97 Å². The summed E-state index contributed by atoms with van der Waals surface area (Å²) in [5.74, 6) is 1.72. The van der Waals surface area contributed by atoms with Gasteiger partial charge in [0.1, 0.15) is 11.6 Å². The number of nitrogens with zero attached hydrogens (tertiary/aromatic N) is 2. The number of fused-ring (bicyclic) bond motifs is 1. The predicted octanol–water partition coefficient (Wildman–Crippen LogP) is 4.35. The van der Waals surface area contributed by atoms with Gasteiger partial charge in [-0.2, -0.15) is 0 Å². The molecular weight excluding hydrogens is 258 g/mol. The zero-order chi connectivity index (χ0) is 14.8. The van der Waals surface area contributed by atoms with Crippen LogP contribution in [0.1, 0.15) is 18.3 Å². The van der Waals surface area contributed by atoms with Gasteiger partial charge in [0.25, 0.3) is 0 Å². The van der Waals surface area contributed by atoms with Gasteiger partial charge in [-0.25, -0.2) is 9.97 Å². The van der Waals surface area contributed by atoms with Gasteiger partial charge in [-0.3, -0.25) is 0 Å². The van der Waals surface area contributed by atoms with Gasteiger partial charge < -0.3 is 5.32 Å². The van der Waals surface area contributed by atoms with Crippen molar-refractivity contribution < 1.29 is 0 Å². The molecule has 1 heterocycles. The Balaban J connectivity index is 2.28. The fourth-order valence-corrected chi connectivity index (χ4v) is 2.66. The standard InChI is InChI=1S/C18H19N3/c1-4-19-18-12(2)17(20-13(3)21-18)16-11-7-9-14-8-5-6-10-15(14)16/h5-11H,4H2,1-3H3,(H,19,20,21). The van der Waals surface area contributed by atoms with E-state index in [9.17, 15) is 0 Å². The molecule has 0 radical (unpaired) electrons. The third kappa shape index (κ3) is 2.47. The highest BCUT2D eigenvalue weighted by Crippen LogP contribution is 2.31. The fraction of sp³-hybridized carbons (Fsp3) is 0.222. The second kappa shape index (κ2) is 5.52. The van der Waals surface area contributed by atoms with E-state index in [0.717, 1.165) is 35.0 Å². The predicted molar refractivity (Wildman–Crippen MR) is 88.6 cm³/mol. The second-order valence-corrected chi connectivity index (χ2v) is 5.15. The molecule has 3 aromatic rings. The Kier molecular flexibility index (Phi) is 3.57. The van der Waals surface area contributed by atoms with E-state index >= 15 is 0 Å². The lowest BCUT2D eigenvalue weighted by Gasteiger charge is -2.13. The third-order valence-electron chi connectivity index (χ3n) is 3.65. The van der Waals surface area contributed by atoms with Gasteiger partial charge in [-0.15, -0.1) is 0 Å². The van der Waals surface area contributed by atoms with Gasteiger partial charge in [0.05, 0.1) is 5.69 Å². The van der Waals surface area contributed by atoms with E-state index in [1.165, 1.54) is 10.8 Å². The average molecular weight is 277 g/mol. The lowest BCUT2D eigenvalue weighted by molar-refractivity contribution is 1.02. The molecule has 1 aromatic heterocycles. The van der Waals surface area contributed by atoms with E-state index in [1.54, 1.807) is 0 Å². The minimum absolute atomic E-state index is 0.791. The number of hydrogen-bond donors (Lipinski definition) is 1. The molecule has 1 N–H and O–H groups in total. The van der Waals surface area contributed by atoms with Crippen LogP contribution in [0.4, 0.5) is 5.82 Å². The first kappa shape index (κ1) is 13.6. The molecule has 3 heteroatoms. The number of benzene rings is 2. The molecule has 0 saturated carbocycles. The van der Waals surface area contributed by atoms with Crippen molar-refractivity contribution in [1.29, 1.82) is 0 Å². The van der Waals surface area contributed by atoms with Gasteiger partial charge in [-0.05, 0) is 31.5 Å². The second-order valence-electron chi connectivity index (χ2n) is 5.15.